The Morgan fingerprint density at radius 3 is 1.33 bits per heavy atom. The molecular weight excluding hydrogens is 699 g/mol. The highest BCUT2D eigenvalue weighted by Gasteiger charge is 2.19. The van der Waals surface area contributed by atoms with Crippen LogP contribution in [0.15, 0.2) is 225 Å². The number of rotatable bonds is 6. The summed E-state index contributed by atoms with van der Waals surface area (Å²) in [6, 6.07) is 79.4. The summed E-state index contributed by atoms with van der Waals surface area (Å²) in [5.41, 5.74) is 14.0. The van der Waals surface area contributed by atoms with Crippen molar-refractivity contribution in [1.29, 1.82) is 0 Å². The molecule has 1 heteroatoms. The molecule has 0 bridgehead atoms. The summed E-state index contributed by atoms with van der Waals surface area (Å²) >= 11 is 0. The van der Waals surface area contributed by atoms with Crippen LogP contribution in [-0.4, -0.2) is 4.98 Å². The molecule has 1 nitrogen and oxygen atoms in total. The van der Waals surface area contributed by atoms with Crippen molar-refractivity contribution in [2.24, 2.45) is 0 Å². The summed E-state index contributed by atoms with van der Waals surface area (Å²) in [5, 5.41) is 9.95. The minimum Gasteiger partial charge on any atom is -0.256 e. The van der Waals surface area contributed by atoms with E-state index in [1.165, 1.54) is 82.0 Å². The SMILES string of the molecule is c1ccc(-c2ccnc(-c3ccc(-c4ccc5c(-c6ccc7ccccc7c6)c6ccccc6c(-c6ccc7ccccc7c6)c5c4)cc3)c2-c2ccccc2)cc1. The number of pyridine rings is 1. The van der Waals surface area contributed by atoms with E-state index in [0.717, 1.165) is 27.9 Å². The van der Waals surface area contributed by atoms with Crippen LogP contribution in [0.1, 0.15) is 0 Å². The number of hydrogen-bond acceptors (Lipinski definition) is 1. The van der Waals surface area contributed by atoms with E-state index in [-0.39, 0.29) is 0 Å². The summed E-state index contributed by atoms with van der Waals surface area (Å²) in [7, 11) is 0. The molecule has 0 saturated carbocycles. The number of fused-ring (bicyclic) bond motifs is 4. The van der Waals surface area contributed by atoms with Crippen LogP contribution < -0.4 is 0 Å². The fraction of sp³-hybridized carbons (Fsp3) is 0. The number of hydrogen-bond donors (Lipinski definition) is 0. The van der Waals surface area contributed by atoms with Crippen LogP contribution in [0.2, 0.25) is 0 Å². The van der Waals surface area contributed by atoms with E-state index in [9.17, 15) is 0 Å². The van der Waals surface area contributed by atoms with Gasteiger partial charge in [-0.1, -0.05) is 194 Å². The van der Waals surface area contributed by atoms with Crippen LogP contribution in [0.4, 0.5) is 0 Å². The Morgan fingerprint density at radius 2 is 0.707 bits per heavy atom. The van der Waals surface area contributed by atoms with Crippen molar-refractivity contribution in [3.8, 4) is 66.9 Å². The predicted octanol–water partition coefficient (Wildman–Crippen LogP) is 15.7. The Morgan fingerprint density at radius 1 is 0.241 bits per heavy atom. The highest BCUT2D eigenvalue weighted by atomic mass is 14.7. The lowest BCUT2D eigenvalue weighted by atomic mass is 9.84. The normalized spacial score (nSPS) is 11.4. The van der Waals surface area contributed by atoms with Gasteiger partial charge in [0.15, 0.2) is 0 Å². The van der Waals surface area contributed by atoms with Crippen molar-refractivity contribution < 1.29 is 0 Å². The molecule has 0 amide bonds. The zero-order valence-corrected chi connectivity index (χ0v) is 31.8. The van der Waals surface area contributed by atoms with Gasteiger partial charge in [0, 0.05) is 17.3 Å². The van der Waals surface area contributed by atoms with Gasteiger partial charge in [-0.15, -0.1) is 0 Å². The molecule has 0 unspecified atom stereocenters. The molecule has 0 saturated heterocycles. The van der Waals surface area contributed by atoms with E-state index in [1.54, 1.807) is 0 Å². The van der Waals surface area contributed by atoms with Gasteiger partial charge < -0.3 is 0 Å². The van der Waals surface area contributed by atoms with Gasteiger partial charge in [-0.25, -0.2) is 0 Å². The molecule has 0 atom stereocenters. The quantitative estimate of drug-likeness (QED) is 0.155. The molecule has 10 aromatic carbocycles. The van der Waals surface area contributed by atoms with Crippen molar-refractivity contribution >= 4 is 43.1 Å². The first-order valence-electron chi connectivity index (χ1n) is 19.9. The van der Waals surface area contributed by atoms with Crippen LogP contribution in [0.5, 0.6) is 0 Å². The van der Waals surface area contributed by atoms with Crippen molar-refractivity contribution in [1.82, 2.24) is 4.98 Å². The molecule has 11 rings (SSSR count). The molecule has 11 aromatic rings. The van der Waals surface area contributed by atoms with Gasteiger partial charge >= 0.3 is 0 Å². The van der Waals surface area contributed by atoms with E-state index < -0.39 is 0 Å². The lowest BCUT2D eigenvalue weighted by Gasteiger charge is -2.19. The minimum atomic E-state index is 0.975. The van der Waals surface area contributed by atoms with Crippen molar-refractivity contribution in [2.45, 2.75) is 0 Å². The van der Waals surface area contributed by atoms with Crippen molar-refractivity contribution in [3.05, 3.63) is 225 Å². The third kappa shape index (κ3) is 5.84. The average molecular weight is 736 g/mol. The van der Waals surface area contributed by atoms with Crippen molar-refractivity contribution in [2.75, 3.05) is 0 Å². The van der Waals surface area contributed by atoms with Crippen LogP contribution in [0.25, 0.3) is 110 Å². The molecule has 0 aliphatic heterocycles. The Hall–Kier alpha value is -7.61. The predicted molar refractivity (Wildman–Crippen MR) is 247 cm³/mol. The van der Waals surface area contributed by atoms with E-state index in [1.807, 2.05) is 6.20 Å². The molecule has 0 spiro atoms. The minimum absolute atomic E-state index is 0.975. The molecular formula is C57H37N. The Bertz CT molecular complexity index is 3310. The summed E-state index contributed by atoms with van der Waals surface area (Å²) in [6.45, 7) is 0. The molecule has 0 fully saturated rings. The molecule has 58 heavy (non-hydrogen) atoms. The number of aromatic nitrogens is 1. The maximum Gasteiger partial charge on any atom is 0.0786 e. The second-order valence-corrected chi connectivity index (χ2v) is 15.1. The second-order valence-electron chi connectivity index (χ2n) is 15.1. The van der Waals surface area contributed by atoms with Crippen LogP contribution in [-0.2, 0) is 0 Å². The number of nitrogens with zero attached hydrogens (tertiary/aromatic N) is 1. The van der Waals surface area contributed by atoms with E-state index >= 15 is 0 Å². The summed E-state index contributed by atoms with van der Waals surface area (Å²) < 4.78 is 0. The maximum atomic E-state index is 5.01. The third-order valence-electron chi connectivity index (χ3n) is 11.7. The second kappa shape index (κ2) is 14.2. The first-order valence-corrected chi connectivity index (χ1v) is 19.9. The highest BCUT2D eigenvalue weighted by Crippen LogP contribution is 2.46. The van der Waals surface area contributed by atoms with Gasteiger partial charge in [0.05, 0.1) is 5.69 Å². The van der Waals surface area contributed by atoms with Crippen molar-refractivity contribution in [3.63, 3.8) is 0 Å². The Kier molecular flexibility index (Phi) is 8.23. The van der Waals surface area contributed by atoms with E-state index in [4.69, 9.17) is 4.98 Å². The first kappa shape index (κ1) is 33.7. The van der Waals surface area contributed by atoms with Crippen LogP contribution >= 0.6 is 0 Å². The molecule has 0 aliphatic rings. The zero-order chi connectivity index (χ0) is 38.4. The smallest absolute Gasteiger partial charge is 0.0786 e. The Balaban J connectivity index is 1.11. The number of benzene rings is 10. The summed E-state index contributed by atoms with van der Waals surface area (Å²) in [6.07, 6.45) is 1.94. The van der Waals surface area contributed by atoms with Gasteiger partial charge in [-0.05, 0) is 117 Å². The summed E-state index contributed by atoms with van der Waals surface area (Å²) in [4.78, 5) is 5.01. The summed E-state index contributed by atoms with van der Waals surface area (Å²) in [5.74, 6) is 0. The fourth-order valence-electron chi connectivity index (χ4n) is 8.93. The van der Waals surface area contributed by atoms with Gasteiger partial charge in [-0.3, -0.25) is 4.98 Å². The molecule has 0 aliphatic carbocycles. The average Bonchev–Trinajstić information content (AvgIpc) is 3.30. The van der Waals surface area contributed by atoms with Crippen LogP contribution in [0, 0.1) is 0 Å². The standard InChI is InChI=1S/C57H37N/c1-3-15-41(16-4-1)49-33-34-58-57(56(49)42-17-5-2-6-18-42)43-27-23-40(24-28-43)46-31-32-52-53(37-46)55(48-30-26-39-14-8-10-20-45(39)36-48)51-22-12-11-21-50(51)54(52)47-29-25-38-13-7-9-19-44(38)35-47/h1-37H. The largest absolute Gasteiger partial charge is 0.256 e. The lowest BCUT2D eigenvalue weighted by Crippen LogP contribution is -1.94. The molecule has 0 N–H and O–H groups in total. The van der Waals surface area contributed by atoms with Gasteiger partial charge in [0.2, 0.25) is 0 Å². The highest BCUT2D eigenvalue weighted by molar-refractivity contribution is 6.22. The topological polar surface area (TPSA) is 12.9 Å². The Labute approximate surface area is 338 Å². The maximum absolute atomic E-state index is 5.01. The van der Waals surface area contributed by atoms with E-state index in [0.29, 0.717) is 0 Å². The first-order chi connectivity index (χ1) is 28.8. The lowest BCUT2D eigenvalue weighted by molar-refractivity contribution is 1.32. The van der Waals surface area contributed by atoms with Gasteiger partial charge in [0.1, 0.15) is 0 Å². The third-order valence-corrected chi connectivity index (χ3v) is 11.7. The molecule has 1 heterocycles. The molecule has 270 valence electrons. The monoisotopic (exact) mass is 735 g/mol. The molecule has 1 aromatic heterocycles. The van der Waals surface area contributed by atoms with Gasteiger partial charge in [-0.2, -0.15) is 0 Å². The van der Waals surface area contributed by atoms with E-state index in [2.05, 4.69) is 218 Å². The zero-order valence-electron chi connectivity index (χ0n) is 31.8. The molecule has 0 radical (unpaired) electrons. The van der Waals surface area contributed by atoms with Crippen LogP contribution in [0.3, 0.4) is 0 Å². The fourth-order valence-corrected chi connectivity index (χ4v) is 8.93. The van der Waals surface area contributed by atoms with Gasteiger partial charge in [0.25, 0.3) is 0 Å².